The Labute approximate surface area is 167 Å². The minimum absolute atomic E-state index is 0.204. The maximum atomic E-state index is 13.1. The molecular weight excluding hydrogens is 372 g/mol. The maximum absolute atomic E-state index is 13.1. The molecule has 2 aromatic carbocycles. The summed E-state index contributed by atoms with van der Waals surface area (Å²) in [6, 6.07) is 16.3. The van der Waals surface area contributed by atoms with Gasteiger partial charge in [0.15, 0.2) is 0 Å². The van der Waals surface area contributed by atoms with Gasteiger partial charge in [-0.15, -0.1) is 0 Å². The minimum atomic E-state index is -3.69. The largest absolute Gasteiger partial charge is 0.354 e. The van der Waals surface area contributed by atoms with Crippen LogP contribution in [0.2, 0.25) is 0 Å². The van der Waals surface area contributed by atoms with Crippen molar-refractivity contribution in [3.8, 4) is 0 Å². The first-order chi connectivity index (χ1) is 13.5. The predicted molar refractivity (Wildman–Crippen MR) is 111 cm³/mol. The standard InChI is InChI=1S/C22H28N2O3S/c1-2-18-11-13-20(14-12-18)28(26,27)24-17-7-6-10-21(24)22(25)23-16-15-19-8-4-3-5-9-19/h3-5,8-9,11-14,21H,2,6-7,10,15-17H2,1H3,(H,23,25)/t21-/m0/s1. The highest BCUT2D eigenvalue weighted by atomic mass is 32.2. The van der Waals surface area contributed by atoms with E-state index in [-0.39, 0.29) is 10.8 Å². The molecule has 0 bridgehead atoms. The highest BCUT2D eigenvalue weighted by Gasteiger charge is 2.37. The number of amides is 1. The quantitative estimate of drug-likeness (QED) is 0.776. The van der Waals surface area contributed by atoms with Crippen LogP contribution < -0.4 is 5.32 Å². The fourth-order valence-electron chi connectivity index (χ4n) is 3.58. The molecule has 28 heavy (non-hydrogen) atoms. The van der Waals surface area contributed by atoms with Crippen LogP contribution in [-0.2, 0) is 27.7 Å². The Balaban J connectivity index is 1.69. The number of piperidine rings is 1. The molecular formula is C22H28N2O3S. The lowest BCUT2D eigenvalue weighted by Crippen LogP contribution is -2.52. The van der Waals surface area contributed by atoms with Gasteiger partial charge in [0, 0.05) is 13.1 Å². The van der Waals surface area contributed by atoms with Crippen LogP contribution >= 0.6 is 0 Å². The summed E-state index contributed by atoms with van der Waals surface area (Å²) >= 11 is 0. The smallest absolute Gasteiger partial charge is 0.243 e. The molecule has 0 saturated carbocycles. The summed E-state index contributed by atoms with van der Waals surface area (Å²) in [5.74, 6) is -0.204. The number of sulfonamides is 1. The van der Waals surface area contributed by atoms with Crippen LogP contribution in [0.3, 0.4) is 0 Å². The molecule has 1 fully saturated rings. The van der Waals surface area contributed by atoms with Gasteiger partial charge in [-0.2, -0.15) is 4.31 Å². The zero-order valence-electron chi connectivity index (χ0n) is 16.3. The second-order valence-corrected chi connectivity index (χ2v) is 9.04. The number of benzene rings is 2. The van der Waals surface area contributed by atoms with E-state index in [0.29, 0.717) is 19.5 Å². The summed E-state index contributed by atoms with van der Waals surface area (Å²) in [6.07, 6.45) is 3.78. The number of rotatable bonds is 7. The Kier molecular flexibility index (Phi) is 6.86. The van der Waals surface area contributed by atoms with E-state index in [1.807, 2.05) is 49.4 Å². The molecule has 3 rings (SSSR count). The van der Waals surface area contributed by atoms with Crippen LogP contribution in [0.4, 0.5) is 0 Å². The van der Waals surface area contributed by atoms with Gasteiger partial charge in [0.25, 0.3) is 0 Å². The first-order valence-electron chi connectivity index (χ1n) is 9.95. The van der Waals surface area contributed by atoms with Gasteiger partial charge in [-0.05, 0) is 48.9 Å². The first kappa shape index (κ1) is 20.6. The van der Waals surface area contributed by atoms with Crippen molar-refractivity contribution in [3.05, 3.63) is 65.7 Å². The summed E-state index contributed by atoms with van der Waals surface area (Å²) < 4.78 is 27.7. The molecule has 1 N–H and O–H groups in total. The monoisotopic (exact) mass is 400 g/mol. The van der Waals surface area contributed by atoms with E-state index >= 15 is 0 Å². The average molecular weight is 401 g/mol. The van der Waals surface area contributed by atoms with Crippen LogP contribution in [0.1, 0.15) is 37.3 Å². The topological polar surface area (TPSA) is 66.5 Å². The Morgan fingerprint density at radius 2 is 1.75 bits per heavy atom. The normalized spacial score (nSPS) is 18.0. The van der Waals surface area contributed by atoms with Crippen LogP contribution in [-0.4, -0.2) is 37.8 Å². The Morgan fingerprint density at radius 3 is 2.43 bits per heavy atom. The highest BCUT2D eigenvalue weighted by molar-refractivity contribution is 7.89. The van der Waals surface area contributed by atoms with Gasteiger partial charge in [-0.1, -0.05) is 55.8 Å². The van der Waals surface area contributed by atoms with E-state index in [4.69, 9.17) is 0 Å². The lowest BCUT2D eigenvalue weighted by atomic mass is 10.0. The molecule has 1 saturated heterocycles. The fourth-order valence-corrected chi connectivity index (χ4v) is 5.24. The summed E-state index contributed by atoms with van der Waals surface area (Å²) in [6.45, 7) is 2.91. The number of hydrogen-bond acceptors (Lipinski definition) is 3. The SMILES string of the molecule is CCc1ccc(S(=O)(=O)N2CCCC[C@H]2C(=O)NCCc2ccccc2)cc1. The Bertz CT molecular complexity index is 880. The highest BCUT2D eigenvalue weighted by Crippen LogP contribution is 2.26. The lowest BCUT2D eigenvalue weighted by molar-refractivity contribution is -0.125. The lowest BCUT2D eigenvalue weighted by Gasteiger charge is -2.33. The van der Waals surface area contributed by atoms with Gasteiger partial charge in [-0.3, -0.25) is 4.79 Å². The molecule has 0 radical (unpaired) electrons. The Morgan fingerprint density at radius 1 is 1.04 bits per heavy atom. The van der Waals surface area contributed by atoms with Crippen LogP contribution in [0.15, 0.2) is 59.5 Å². The summed E-state index contributed by atoms with van der Waals surface area (Å²) in [5.41, 5.74) is 2.24. The van der Waals surface area contributed by atoms with Crippen molar-refractivity contribution in [2.75, 3.05) is 13.1 Å². The van der Waals surface area contributed by atoms with E-state index < -0.39 is 16.1 Å². The number of hydrogen-bond donors (Lipinski definition) is 1. The van der Waals surface area contributed by atoms with Gasteiger partial charge >= 0.3 is 0 Å². The second-order valence-electron chi connectivity index (χ2n) is 7.15. The summed E-state index contributed by atoms with van der Waals surface area (Å²) in [7, 11) is -3.69. The molecule has 5 nitrogen and oxygen atoms in total. The third kappa shape index (κ3) is 4.80. The minimum Gasteiger partial charge on any atom is -0.354 e. The van der Waals surface area contributed by atoms with Crippen molar-refractivity contribution >= 4 is 15.9 Å². The first-order valence-corrected chi connectivity index (χ1v) is 11.4. The molecule has 0 aliphatic carbocycles. The van der Waals surface area contributed by atoms with E-state index in [1.165, 1.54) is 4.31 Å². The van der Waals surface area contributed by atoms with Gasteiger partial charge < -0.3 is 5.32 Å². The predicted octanol–water partition coefficient (Wildman–Crippen LogP) is 3.15. The van der Waals surface area contributed by atoms with E-state index in [0.717, 1.165) is 36.8 Å². The van der Waals surface area contributed by atoms with Gasteiger partial charge in [-0.25, -0.2) is 8.42 Å². The van der Waals surface area contributed by atoms with Crippen molar-refractivity contribution in [1.29, 1.82) is 0 Å². The molecule has 150 valence electrons. The molecule has 1 aliphatic heterocycles. The summed E-state index contributed by atoms with van der Waals surface area (Å²) in [5, 5.41) is 2.93. The number of nitrogens with zero attached hydrogens (tertiary/aromatic N) is 1. The van der Waals surface area contributed by atoms with Crippen LogP contribution in [0, 0.1) is 0 Å². The number of carbonyl (C=O) groups excluding carboxylic acids is 1. The molecule has 2 aromatic rings. The van der Waals surface area contributed by atoms with Crippen molar-refractivity contribution in [2.24, 2.45) is 0 Å². The van der Waals surface area contributed by atoms with E-state index in [2.05, 4.69) is 5.32 Å². The Hall–Kier alpha value is -2.18. The molecule has 0 aromatic heterocycles. The number of aryl methyl sites for hydroxylation is 1. The molecule has 1 amide bonds. The third-order valence-electron chi connectivity index (χ3n) is 5.25. The molecule has 0 spiro atoms. The number of nitrogens with one attached hydrogen (secondary N) is 1. The van der Waals surface area contributed by atoms with Gasteiger partial charge in [0.05, 0.1) is 4.90 Å². The van der Waals surface area contributed by atoms with Crippen molar-refractivity contribution in [3.63, 3.8) is 0 Å². The molecule has 1 atom stereocenters. The zero-order valence-corrected chi connectivity index (χ0v) is 17.1. The van der Waals surface area contributed by atoms with Crippen molar-refractivity contribution in [1.82, 2.24) is 9.62 Å². The maximum Gasteiger partial charge on any atom is 0.243 e. The molecule has 0 unspecified atom stereocenters. The molecule has 6 heteroatoms. The average Bonchev–Trinajstić information content (AvgIpc) is 2.74. The third-order valence-corrected chi connectivity index (χ3v) is 7.17. The molecule has 1 heterocycles. The van der Waals surface area contributed by atoms with Crippen LogP contribution in [0.25, 0.3) is 0 Å². The van der Waals surface area contributed by atoms with E-state index in [1.54, 1.807) is 12.1 Å². The fraction of sp³-hybridized carbons (Fsp3) is 0.409. The summed E-state index contributed by atoms with van der Waals surface area (Å²) in [4.78, 5) is 13.0. The van der Waals surface area contributed by atoms with Gasteiger partial charge in [0.2, 0.25) is 15.9 Å². The van der Waals surface area contributed by atoms with E-state index in [9.17, 15) is 13.2 Å². The van der Waals surface area contributed by atoms with Crippen LogP contribution in [0.5, 0.6) is 0 Å². The zero-order chi connectivity index (χ0) is 20.0. The second kappa shape index (κ2) is 9.34. The number of carbonyl (C=O) groups is 1. The van der Waals surface area contributed by atoms with Gasteiger partial charge in [0.1, 0.15) is 6.04 Å². The van der Waals surface area contributed by atoms with Crippen molar-refractivity contribution < 1.29 is 13.2 Å². The molecule has 1 aliphatic rings. The van der Waals surface area contributed by atoms with Crippen molar-refractivity contribution in [2.45, 2.75) is 50.0 Å².